The lowest BCUT2D eigenvalue weighted by Crippen LogP contribution is -2.35. The van der Waals surface area contributed by atoms with Gasteiger partial charge in [0.05, 0.1) is 10.7 Å². The van der Waals surface area contributed by atoms with E-state index in [1.807, 2.05) is 30.3 Å². The number of sulfone groups is 1. The lowest BCUT2D eigenvalue weighted by molar-refractivity contribution is -0.384. The Morgan fingerprint density at radius 2 is 1.60 bits per heavy atom. The maximum Gasteiger partial charge on any atom is 0.269 e. The molecule has 0 saturated heterocycles. The van der Waals surface area contributed by atoms with E-state index < -0.39 is 14.8 Å². The van der Waals surface area contributed by atoms with Crippen molar-refractivity contribution in [2.75, 3.05) is 5.75 Å². The molecule has 7 heteroatoms. The maximum atomic E-state index is 11.8. The van der Waals surface area contributed by atoms with E-state index in [-0.39, 0.29) is 17.5 Å². The van der Waals surface area contributed by atoms with Crippen LogP contribution in [0.5, 0.6) is 0 Å². The lowest BCUT2D eigenvalue weighted by atomic mass is 10.1. The molecule has 0 unspecified atom stereocenters. The van der Waals surface area contributed by atoms with Crippen molar-refractivity contribution < 1.29 is 13.3 Å². The van der Waals surface area contributed by atoms with Gasteiger partial charge < -0.3 is 0 Å². The normalized spacial score (nSPS) is 18.5. The average Bonchev–Trinajstić information content (AvgIpc) is 2.96. The molecule has 0 fully saturated rings. The molecular formula is C18H18N2O4S. The summed E-state index contributed by atoms with van der Waals surface area (Å²) < 4.78 is 23.6. The third kappa shape index (κ3) is 4.52. The van der Waals surface area contributed by atoms with Gasteiger partial charge in [-0.15, -0.1) is 0 Å². The zero-order chi connectivity index (χ0) is 17.9. The van der Waals surface area contributed by atoms with Gasteiger partial charge in [0.2, 0.25) is 0 Å². The number of hydrogen-bond donors (Lipinski definition) is 0. The Bertz CT molecular complexity index is 877. The standard InChI is InChI=1S/C18H18N2O4S/c21-20(22)17-8-6-16(7-9-17)13-19(12-15-4-2-1-3-5-15)18-10-11-25(23,24)14-18/h1-11,18H,12-14H2/t18-/m0/s1. The van der Waals surface area contributed by atoms with Crippen molar-refractivity contribution in [3.8, 4) is 0 Å². The summed E-state index contributed by atoms with van der Waals surface area (Å²) in [7, 11) is -3.15. The van der Waals surface area contributed by atoms with Gasteiger partial charge in [0.15, 0.2) is 9.84 Å². The quantitative estimate of drug-likeness (QED) is 0.586. The van der Waals surface area contributed by atoms with Crippen LogP contribution in [0.4, 0.5) is 5.69 Å². The highest BCUT2D eigenvalue weighted by Gasteiger charge is 2.27. The van der Waals surface area contributed by atoms with Crippen molar-refractivity contribution in [3.05, 3.63) is 87.3 Å². The molecule has 1 atom stereocenters. The van der Waals surface area contributed by atoms with Gasteiger partial charge in [0, 0.05) is 36.7 Å². The number of nitrogens with zero attached hydrogens (tertiary/aromatic N) is 2. The van der Waals surface area contributed by atoms with Crippen LogP contribution in [-0.2, 0) is 22.9 Å². The van der Waals surface area contributed by atoms with Gasteiger partial charge in [-0.2, -0.15) is 0 Å². The van der Waals surface area contributed by atoms with Gasteiger partial charge in [0.1, 0.15) is 0 Å². The lowest BCUT2D eigenvalue weighted by Gasteiger charge is -2.27. The molecular weight excluding hydrogens is 340 g/mol. The van der Waals surface area contributed by atoms with E-state index in [1.54, 1.807) is 18.2 Å². The van der Waals surface area contributed by atoms with Crippen molar-refractivity contribution in [1.29, 1.82) is 0 Å². The minimum Gasteiger partial charge on any atom is -0.287 e. The summed E-state index contributed by atoms with van der Waals surface area (Å²) in [5.41, 5.74) is 2.03. The topological polar surface area (TPSA) is 80.5 Å². The summed E-state index contributed by atoms with van der Waals surface area (Å²) >= 11 is 0. The van der Waals surface area contributed by atoms with Gasteiger partial charge in [-0.05, 0) is 11.1 Å². The second kappa shape index (κ2) is 7.16. The predicted molar refractivity (Wildman–Crippen MR) is 95.5 cm³/mol. The van der Waals surface area contributed by atoms with E-state index >= 15 is 0 Å². The van der Waals surface area contributed by atoms with Crippen LogP contribution in [0.25, 0.3) is 0 Å². The number of rotatable bonds is 6. The van der Waals surface area contributed by atoms with Crippen LogP contribution in [0.3, 0.4) is 0 Å². The molecule has 0 spiro atoms. The second-order valence-corrected chi connectivity index (χ2v) is 7.97. The zero-order valence-electron chi connectivity index (χ0n) is 13.5. The SMILES string of the molecule is O=[N+]([O-])c1ccc(CN(Cc2ccccc2)[C@H]2C=CS(=O)(=O)C2)cc1. The summed E-state index contributed by atoms with van der Waals surface area (Å²) in [5.74, 6) is 0.0623. The molecule has 0 aromatic heterocycles. The minimum absolute atomic E-state index is 0.0432. The molecule has 25 heavy (non-hydrogen) atoms. The molecule has 1 aliphatic heterocycles. The second-order valence-electron chi connectivity index (χ2n) is 6.04. The van der Waals surface area contributed by atoms with Crippen LogP contribution >= 0.6 is 0 Å². The molecule has 0 aliphatic carbocycles. The Labute approximate surface area is 146 Å². The number of hydrogen-bond acceptors (Lipinski definition) is 5. The van der Waals surface area contributed by atoms with Gasteiger partial charge in [-0.1, -0.05) is 48.5 Å². The molecule has 1 aliphatic rings. The Balaban J connectivity index is 1.81. The third-order valence-corrected chi connectivity index (χ3v) is 5.52. The molecule has 0 saturated carbocycles. The van der Waals surface area contributed by atoms with Crippen LogP contribution in [0.2, 0.25) is 0 Å². The van der Waals surface area contributed by atoms with Crippen LogP contribution in [-0.4, -0.2) is 30.0 Å². The summed E-state index contributed by atoms with van der Waals surface area (Å²) in [4.78, 5) is 12.4. The molecule has 130 valence electrons. The minimum atomic E-state index is -3.15. The van der Waals surface area contributed by atoms with E-state index in [2.05, 4.69) is 4.90 Å². The van der Waals surface area contributed by atoms with Crippen molar-refractivity contribution >= 4 is 15.5 Å². The van der Waals surface area contributed by atoms with Crippen LogP contribution in [0.1, 0.15) is 11.1 Å². The van der Waals surface area contributed by atoms with E-state index in [1.165, 1.54) is 17.5 Å². The predicted octanol–water partition coefficient (Wildman–Crippen LogP) is 2.91. The van der Waals surface area contributed by atoms with Gasteiger partial charge in [0.25, 0.3) is 5.69 Å². The molecule has 3 rings (SSSR count). The summed E-state index contributed by atoms with van der Waals surface area (Å²) in [6.07, 6.45) is 1.71. The van der Waals surface area contributed by atoms with Gasteiger partial charge >= 0.3 is 0 Å². The Kier molecular flexibility index (Phi) is 4.96. The third-order valence-electron chi connectivity index (χ3n) is 4.14. The largest absolute Gasteiger partial charge is 0.287 e. The fraction of sp³-hybridized carbons (Fsp3) is 0.222. The highest BCUT2D eigenvalue weighted by Crippen LogP contribution is 2.21. The molecule has 0 radical (unpaired) electrons. The summed E-state index contributed by atoms with van der Waals surface area (Å²) in [6.45, 7) is 1.11. The molecule has 0 amide bonds. The van der Waals surface area contributed by atoms with Crippen molar-refractivity contribution in [1.82, 2.24) is 4.90 Å². The molecule has 1 heterocycles. The number of non-ortho nitro benzene ring substituents is 1. The average molecular weight is 358 g/mol. The molecule has 6 nitrogen and oxygen atoms in total. The first-order valence-corrected chi connectivity index (χ1v) is 9.57. The van der Waals surface area contributed by atoms with Crippen molar-refractivity contribution in [3.63, 3.8) is 0 Å². The highest BCUT2D eigenvalue weighted by atomic mass is 32.2. The highest BCUT2D eigenvalue weighted by molar-refractivity contribution is 7.94. The maximum absolute atomic E-state index is 11.8. The van der Waals surface area contributed by atoms with E-state index in [0.717, 1.165) is 11.1 Å². The smallest absolute Gasteiger partial charge is 0.269 e. The molecule has 2 aromatic rings. The number of benzene rings is 2. The summed E-state index contributed by atoms with van der Waals surface area (Å²) in [5, 5.41) is 12.0. The molecule has 0 bridgehead atoms. The van der Waals surface area contributed by atoms with E-state index in [9.17, 15) is 18.5 Å². The van der Waals surface area contributed by atoms with Crippen molar-refractivity contribution in [2.45, 2.75) is 19.1 Å². The summed E-state index contributed by atoms with van der Waals surface area (Å²) in [6, 6.07) is 16.0. The zero-order valence-corrected chi connectivity index (χ0v) is 14.3. The number of nitro groups is 1. The molecule has 0 N–H and O–H groups in total. The molecule has 2 aromatic carbocycles. The monoisotopic (exact) mass is 358 g/mol. The fourth-order valence-electron chi connectivity index (χ4n) is 2.85. The fourth-order valence-corrected chi connectivity index (χ4v) is 4.18. The van der Waals surface area contributed by atoms with Gasteiger partial charge in [-0.25, -0.2) is 8.42 Å². The first kappa shape index (κ1) is 17.3. The Morgan fingerprint density at radius 3 is 2.12 bits per heavy atom. The van der Waals surface area contributed by atoms with Crippen molar-refractivity contribution in [2.24, 2.45) is 0 Å². The van der Waals surface area contributed by atoms with Crippen LogP contribution < -0.4 is 0 Å². The number of nitro benzene ring substituents is 1. The first-order valence-electron chi connectivity index (χ1n) is 7.85. The van der Waals surface area contributed by atoms with E-state index in [0.29, 0.717) is 13.1 Å². The van der Waals surface area contributed by atoms with E-state index in [4.69, 9.17) is 0 Å². The Hall–Kier alpha value is -2.51. The van der Waals surface area contributed by atoms with Crippen LogP contribution in [0.15, 0.2) is 66.1 Å². The first-order chi connectivity index (χ1) is 11.9. The Morgan fingerprint density at radius 1 is 1.00 bits per heavy atom. The van der Waals surface area contributed by atoms with Gasteiger partial charge in [-0.3, -0.25) is 15.0 Å². The van der Waals surface area contributed by atoms with Crippen LogP contribution in [0, 0.1) is 10.1 Å².